The fourth-order valence-corrected chi connectivity index (χ4v) is 8.79. The van der Waals surface area contributed by atoms with Gasteiger partial charge in [0.15, 0.2) is 0 Å². The predicted molar refractivity (Wildman–Crippen MR) is 169 cm³/mol. The summed E-state index contributed by atoms with van der Waals surface area (Å²) in [6.07, 6.45) is 6.21. The minimum atomic E-state index is -3.60. The number of sulfonamides is 1. The number of fused-ring (bicyclic) bond motifs is 3. The van der Waals surface area contributed by atoms with Crippen molar-refractivity contribution in [1.82, 2.24) is 0 Å². The van der Waals surface area contributed by atoms with E-state index in [0.29, 0.717) is 30.6 Å². The molecule has 2 aromatic carbocycles. The summed E-state index contributed by atoms with van der Waals surface area (Å²) in [5, 5.41) is 5.99. The number of primary sulfonamides is 1. The smallest absolute Gasteiger partial charge is 0.337 e. The molecule has 4 aliphatic rings. The summed E-state index contributed by atoms with van der Waals surface area (Å²) in [6, 6.07) is 11.8. The van der Waals surface area contributed by atoms with Gasteiger partial charge in [-0.3, -0.25) is 0 Å². The summed E-state index contributed by atoms with van der Waals surface area (Å²) in [5.41, 5.74) is 3.80. The normalized spacial score (nSPS) is 29.0. The van der Waals surface area contributed by atoms with Gasteiger partial charge in [-0.1, -0.05) is 17.7 Å². The highest BCUT2D eigenvalue weighted by Crippen LogP contribution is 2.47. The van der Waals surface area contributed by atoms with Crippen molar-refractivity contribution in [2.75, 3.05) is 44.1 Å². The maximum absolute atomic E-state index is 12.6. The lowest BCUT2D eigenvalue weighted by Crippen LogP contribution is -2.51. The Hall–Kier alpha value is -2.37. The maximum atomic E-state index is 12.6. The van der Waals surface area contributed by atoms with E-state index in [9.17, 15) is 13.2 Å². The zero-order valence-corrected chi connectivity index (χ0v) is 27.1. The Balaban J connectivity index is 1.24. The number of nitrogens with zero attached hydrogens (tertiary/aromatic N) is 1. The number of hydrogen-bond acceptors (Lipinski definition) is 8. The van der Waals surface area contributed by atoms with Crippen LogP contribution in [0.25, 0.3) is 0 Å². The fraction of sp³-hybridized carbons (Fsp3) is 0.606. The average Bonchev–Trinajstić information content (AvgIpc) is 3.11. The molecule has 1 saturated carbocycles. The molecule has 0 unspecified atom stereocenters. The van der Waals surface area contributed by atoms with Crippen molar-refractivity contribution < 1.29 is 32.2 Å². The van der Waals surface area contributed by atoms with Gasteiger partial charge in [0, 0.05) is 36.6 Å². The van der Waals surface area contributed by atoms with Crippen molar-refractivity contribution in [3.05, 3.63) is 58.1 Å². The SMILES string of the molecule is COC(=O)c1ccc2c(c1)N(C[C@@H]1CC[C@H]1[C@H]1C[C@H](O[C@@H](C)CS(N)(=O)=O)CCO1)C[C@@]1(CCCc3cc(Cl)ccc31)CO2. The van der Waals surface area contributed by atoms with E-state index in [1.54, 1.807) is 13.0 Å². The molecule has 1 spiro atoms. The fourth-order valence-electron chi connectivity index (χ4n) is 7.87. The predicted octanol–water partition coefficient (Wildman–Crippen LogP) is 4.87. The van der Waals surface area contributed by atoms with Crippen molar-refractivity contribution in [2.24, 2.45) is 17.0 Å². The third kappa shape index (κ3) is 6.75. The van der Waals surface area contributed by atoms with Crippen LogP contribution in [0.3, 0.4) is 0 Å². The Bertz CT molecular complexity index is 1490. The molecule has 9 nitrogen and oxygen atoms in total. The van der Waals surface area contributed by atoms with E-state index in [2.05, 4.69) is 17.0 Å². The highest BCUT2D eigenvalue weighted by molar-refractivity contribution is 7.89. The van der Waals surface area contributed by atoms with Gasteiger partial charge in [0.05, 0.1) is 49.0 Å². The van der Waals surface area contributed by atoms with Crippen LogP contribution < -0.4 is 14.8 Å². The molecule has 240 valence electrons. The summed E-state index contributed by atoms with van der Waals surface area (Å²) in [4.78, 5) is 15.0. The Morgan fingerprint density at radius 1 is 1.20 bits per heavy atom. The van der Waals surface area contributed by atoms with E-state index in [-0.39, 0.29) is 29.3 Å². The van der Waals surface area contributed by atoms with E-state index < -0.39 is 16.1 Å². The van der Waals surface area contributed by atoms with Crippen LogP contribution in [0.1, 0.15) is 66.9 Å². The lowest BCUT2D eigenvalue weighted by Gasteiger charge is -2.48. The molecule has 6 atom stereocenters. The third-order valence-corrected chi connectivity index (χ3v) is 11.2. The Morgan fingerprint density at radius 3 is 2.80 bits per heavy atom. The first-order valence-corrected chi connectivity index (χ1v) is 17.8. The van der Waals surface area contributed by atoms with Crippen LogP contribution in [0.15, 0.2) is 36.4 Å². The first-order chi connectivity index (χ1) is 21.0. The molecule has 2 fully saturated rings. The molecule has 2 aliphatic carbocycles. The molecule has 11 heteroatoms. The number of benzene rings is 2. The van der Waals surface area contributed by atoms with E-state index in [4.69, 9.17) is 35.7 Å². The van der Waals surface area contributed by atoms with Gasteiger partial charge in [0.2, 0.25) is 10.0 Å². The number of carbonyl (C=O) groups excluding carboxylic acids is 1. The van der Waals surface area contributed by atoms with Crippen molar-refractivity contribution in [2.45, 2.75) is 75.6 Å². The Labute approximate surface area is 265 Å². The molecular formula is C33H43ClN2O7S. The van der Waals surface area contributed by atoms with Crippen LogP contribution in [0.2, 0.25) is 5.02 Å². The van der Waals surface area contributed by atoms with Crippen molar-refractivity contribution in [3.8, 4) is 5.75 Å². The summed E-state index contributed by atoms with van der Waals surface area (Å²) in [7, 11) is -2.20. The Morgan fingerprint density at radius 2 is 2.05 bits per heavy atom. The summed E-state index contributed by atoms with van der Waals surface area (Å²) in [6.45, 7) is 4.48. The van der Waals surface area contributed by atoms with Crippen molar-refractivity contribution >= 4 is 33.3 Å². The van der Waals surface area contributed by atoms with Crippen LogP contribution in [0.5, 0.6) is 5.75 Å². The zero-order valence-electron chi connectivity index (χ0n) is 25.5. The molecule has 2 heterocycles. The van der Waals surface area contributed by atoms with Crippen LogP contribution in [0, 0.1) is 11.8 Å². The topological polar surface area (TPSA) is 117 Å². The summed E-state index contributed by atoms with van der Waals surface area (Å²) >= 11 is 6.41. The number of anilines is 1. The molecule has 1 saturated heterocycles. The van der Waals surface area contributed by atoms with Crippen LogP contribution in [0.4, 0.5) is 5.69 Å². The molecular weight excluding hydrogens is 604 g/mol. The third-order valence-electron chi connectivity index (χ3n) is 10.0. The van der Waals surface area contributed by atoms with Crippen LogP contribution >= 0.6 is 11.6 Å². The standard InChI is InChI=1S/C33H43ClN2O7S/c1-21(18-44(35,38)39)43-26-11-13-41-31(16-26)27-8-5-24(27)17-36-19-33(12-3-4-22-14-25(34)7-9-28(22)33)20-42-30-10-6-23(15-29(30)36)32(37)40-2/h6-7,9-10,14-15,21,24,26-27,31H,3-5,8,11-13,16-20H2,1-2H3,(H2,35,38,39)/t21-,24-,26+,27+,31+,33-/m0/s1. The minimum Gasteiger partial charge on any atom is -0.490 e. The molecule has 44 heavy (non-hydrogen) atoms. The zero-order chi connectivity index (χ0) is 31.1. The van der Waals surface area contributed by atoms with Gasteiger partial charge < -0.3 is 23.8 Å². The largest absolute Gasteiger partial charge is 0.490 e. The lowest BCUT2D eigenvalue weighted by atomic mass is 9.67. The second kappa shape index (κ2) is 12.8. The number of aryl methyl sites for hydroxylation is 1. The number of methoxy groups -OCH3 is 1. The number of halogens is 1. The van der Waals surface area contributed by atoms with Gasteiger partial charge in [-0.05, 0) is 98.7 Å². The first kappa shape index (κ1) is 31.6. The molecule has 0 bridgehead atoms. The van der Waals surface area contributed by atoms with Crippen molar-refractivity contribution in [3.63, 3.8) is 0 Å². The van der Waals surface area contributed by atoms with Crippen molar-refractivity contribution in [1.29, 1.82) is 0 Å². The molecule has 2 aromatic rings. The second-order valence-corrected chi connectivity index (χ2v) is 15.2. The highest BCUT2D eigenvalue weighted by atomic mass is 35.5. The summed E-state index contributed by atoms with van der Waals surface area (Å²) in [5.74, 6) is 0.961. The second-order valence-electron chi connectivity index (χ2n) is 13.1. The van der Waals surface area contributed by atoms with Gasteiger partial charge in [-0.2, -0.15) is 0 Å². The molecule has 0 radical (unpaired) electrons. The molecule has 0 amide bonds. The number of hydrogen-bond donors (Lipinski definition) is 1. The monoisotopic (exact) mass is 646 g/mol. The molecule has 2 N–H and O–H groups in total. The maximum Gasteiger partial charge on any atom is 0.337 e. The number of ether oxygens (including phenoxy) is 4. The van der Waals surface area contributed by atoms with E-state index in [1.807, 2.05) is 18.2 Å². The van der Waals surface area contributed by atoms with Crippen LogP contribution in [-0.2, 0) is 36.1 Å². The number of rotatable bonds is 8. The molecule has 0 aromatic heterocycles. The van der Waals surface area contributed by atoms with Gasteiger partial charge in [0.25, 0.3) is 0 Å². The van der Waals surface area contributed by atoms with E-state index in [0.717, 1.165) is 74.5 Å². The average molecular weight is 647 g/mol. The van der Waals surface area contributed by atoms with Gasteiger partial charge in [-0.25, -0.2) is 18.4 Å². The van der Waals surface area contributed by atoms with E-state index >= 15 is 0 Å². The first-order valence-electron chi connectivity index (χ1n) is 15.7. The minimum absolute atomic E-state index is 0.0461. The van der Waals surface area contributed by atoms with Crippen LogP contribution in [-0.4, -0.2) is 71.9 Å². The van der Waals surface area contributed by atoms with E-state index in [1.165, 1.54) is 18.2 Å². The number of carbonyl (C=O) groups is 1. The quantitative estimate of drug-likeness (QED) is 0.404. The number of esters is 1. The van der Waals surface area contributed by atoms with Gasteiger partial charge >= 0.3 is 5.97 Å². The van der Waals surface area contributed by atoms with Gasteiger partial charge in [0.1, 0.15) is 5.75 Å². The highest BCUT2D eigenvalue weighted by Gasteiger charge is 2.45. The lowest BCUT2D eigenvalue weighted by molar-refractivity contribution is -0.126. The summed E-state index contributed by atoms with van der Waals surface area (Å²) < 4.78 is 47.1. The molecule has 6 rings (SSSR count). The van der Waals surface area contributed by atoms with Gasteiger partial charge in [-0.15, -0.1) is 0 Å². The number of nitrogens with two attached hydrogens (primary N) is 1. The molecule has 2 aliphatic heterocycles. The Kier molecular flexibility index (Phi) is 9.19.